The number of hydrogen-bond acceptors (Lipinski definition) is 6. The average molecular weight is 421 g/mol. The molecule has 0 aromatic heterocycles. The van der Waals surface area contributed by atoms with Crippen LogP contribution in [0.3, 0.4) is 0 Å². The Morgan fingerprint density at radius 2 is 1.87 bits per heavy atom. The first-order chi connectivity index (χ1) is 14.3. The van der Waals surface area contributed by atoms with E-state index < -0.39 is 24.5 Å². The van der Waals surface area contributed by atoms with E-state index >= 15 is 0 Å². The molecular formula is C22H32N2O6. The van der Waals surface area contributed by atoms with Gasteiger partial charge >= 0.3 is 12.0 Å². The molecule has 166 valence electrons. The van der Waals surface area contributed by atoms with Gasteiger partial charge in [-0.2, -0.15) is 0 Å². The molecule has 0 saturated heterocycles. The van der Waals surface area contributed by atoms with Crippen LogP contribution < -0.4 is 20.1 Å². The summed E-state index contributed by atoms with van der Waals surface area (Å²) < 4.78 is 16.2. The summed E-state index contributed by atoms with van der Waals surface area (Å²) >= 11 is 0. The topological polar surface area (TPSA) is 103 Å². The Labute approximate surface area is 178 Å². The van der Waals surface area contributed by atoms with Crippen molar-refractivity contribution < 1.29 is 28.6 Å². The van der Waals surface area contributed by atoms with E-state index in [0.717, 1.165) is 18.4 Å². The molecule has 30 heavy (non-hydrogen) atoms. The van der Waals surface area contributed by atoms with Crippen LogP contribution in [-0.2, 0) is 14.3 Å². The Hall–Kier alpha value is -3.03. The Bertz CT molecular complexity index is 730. The van der Waals surface area contributed by atoms with Crippen LogP contribution in [0.1, 0.15) is 46.1 Å². The largest absolute Gasteiger partial charge is 0.490 e. The number of carbonyl (C=O) groups excluding carboxylic acids is 3. The Morgan fingerprint density at radius 3 is 2.53 bits per heavy atom. The van der Waals surface area contributed by atoms with Gasteiger partial charge in [-0.25, -0.2) is 9.59 Å². The lowest BCUT2D eigenvalue weighted by Gasteiger charge is -2.12. The van der Waals surface area contributed by atoms with E-state index in [4.69, 9.17) is 14.2 Å². The number of nitrogens with one attached hydrogen (secondary N) is 2. The zero-order chi connectivity index (χ0) is 22.4. The highest BCUT2D eigenvalue weighted by Gasteiger charge is 2.10. The molecule has 8 heteroatoms. The van der Waals surface area contributed by atoms with Crippen molar-refractivity contribution >= 4 is 24.0 Å². The third-order valence-electron chi connectivity index (χ3n) is 3.70. The second kappa shape index (κ2) is 14.0. The van der Waals surface area contributed by atoms with Crippen LogP contribution >= 0.6 is 0 Å². The minimum Gasteiger partial charge on any atom is -0.490 e. The van der Waals surface area contributed by atoms with Gasteiger partial charge in [0, 0.05) is 12.6 Å². The summed E-state index contributed by atoms with van der Waals surface area (Å²) in [5, 5.41) is 4.63. The van der Waals surface area contributed by atoms with Crippen LogP contribution in [0.4, 0.5) is 4.79 Å². The predicted molar refractivity (Wildman–Crippen MR) is 114 cm³/mol. The number of esters is 1. The van der Waals surface area contributed by atoms with Gasteiger partial charge < -0.3 is 19.5 Å². The van der Waals surface area contributed by atoms with Crippen molar-refractivity contribution in [1.29, 1.82) is 0 Å². The fourth-order valence-corrected chi connectivity index (χ4v) is 2.20. The number of carbonyl (C=O) groups is 3. The maximum Gasteiger partial charge on any atom is 0.331 e. The van der Waals surface area contributed by atoms with Crippen molar-refractivity contribution in [3.63, 3.8) is 0 Å². The van der Waals surface area contributed by atoms with Crippen molar-refractivity contribution in [1.82, 2.24) is 10.6 Å². The molecule has 8 nitrogen and oxygen atoms in total. The van der Waals surface area contributed by atoms with Gasteiger partial charge in [-0.15, -0.1) is 0 Å². The molecule has 0 aliphatic rings. The van der Waals surface area contributed by atoms with Gasteiger partial charge in [0.1, 0.15) is 0 Å². The predicted octanol–water partition coefficient (Wildman–Crippen LogP) is 3.30. The van der Waals surface area contributed by atoms with Crippen molar-refractivity contribution in [2.45, 2.75) is 40.5 Å². The van der Waals surface area contributed by atoms with Gasteiger partial charge in [0.15, 0.2) is 18.1 Å². The van der Waals surface area contributed by atoms with E-state index in [0.29, 0.717) is 31.3 Å². The molecular weight excluding hydrogens is 388 g/mol. The molecule has 0 bridgehead atoms. The minimum atomic E-state index is -0.704. The van der Waals surface area contributed by atoms with Gasteiger partial charge in [0.05, 0.1) is 13.2 Å². The zero-order valence-corrected chi connectivity index (χ0v) is 18.2. The lowest BCUT2D eigenvalue weighted by molar-refractivity contribution is -0.143. The quantitative estimate of drug-likeness (QED) is 0.306. The fraction of sp³-hybridized carbons (Fsp3) is 0.500. The number of hydrogen-bond donors (Lipinski definition) is 2. The first-order valence-corrected chi connectivity index (χ1v) is 10.2. The Morgan fingerprint density at radius 1 is 1.10 bits per heavy atom. The Balaban J connectivity index is 2.54. The third kappa shape index (κ3) is 10.5. The van der Waals surface area contributed by atoms with Crippen LogP contribution in [0.2, 0.25) is 0 Å². The number of imide groups is 1. The summed E-state index contributed by atoms with van der Waals surface area (Å²) in [5.41, 5.74) is 0.718. The molecule has 0 radical (unpaired) electrons. The molecule has 2 N–H and O–H groups in total. The molecule has 0 heterocycles. The number of benzene rings is 1. The van der Waals surface area contributed by atoms with E-state index in [9.17, 15) is 14.4 Å². The molecule has 3 amide bonds. The first kappa shape index (κ1) is 25.0. The highest BCUT2D eigenvalue weighted by molar-refractivity contribution is 5.96. The standard InChI is InChI=1S/C22H32N2O6/c1-5-7-12-29-18-10-8-17(13-19(18)28-6-2)9-11-21(26)30-15-20(25)24-22(27)23-14-16(3)4/h8-11,13,16H,5-7,12,14-15H2,1-4H3,(H2,23,24,25,27). The lowest BCUT2D eigenvalue weighted by atomic mass is 10.2. The van der Waals surface area contributed by atoms with Gasteiger partial charge in [0.25, 0.3) is 5.91 Å². The zero-order valence-electron chi connectivity index (χ0n) is 18.2. The number of amides is 3. The average Bonchev–Trinajstić information content (AvgIpc) is 2.71. The highest BCUT2D eigenvalue weighted by atomic mass is 16.5. The van der Waals surface area contributed by atoms with E-state index in [2.05, 4.69) is 17.6 Å². The summed E-state index contributed by atoms with van der Waals surface area (Å²) in [6.45, 7) is 8.81. The molecule has 0 atom stereocenters. The van der Waals surface area contributed by atoms with Gasteiger partial charge in [-0.1, -0.05) is 33.3 Å². The van der Waals surface area contributed by atoms with E-state index in [1.54, 1.807) is 24.3 Å². The number of urea groups is 1. The molecule has 1 rings (SSSR count). The number of unbranched alkanes of at least 4 members (excludes halogenated alkanes) is 1. The van der Waals surface area contributed by atoms with E-state index in [1.165, 1.54) is 6.08 Å². The summed E-state index contributed by atoms with van der Waals surface area (Å²) in [7, 11) is 0. The molecule has 0 aliphatic heterocycles. The second-order valence-electron chi connectivity index (χ2n) is 6.93. The van der Waals surface area contributed by atoms with Crippen molar-refractivity contribution in [2.75, 3.05) is 26.4 Å². The molecule has 0 fully saturated rings. The van der Waals surface area contributed by atoms with Crippen LogP contribution in [0.5, 0.6) is 11.5 Å². The summed E-state index contributed by atoms with van der Waals surface area (Å²) in [4.78, 5) is 35.0. The van der Waals surface area contributed by atoms with Gasteiger partial charge in [-0.3, -0.25) is 10.1 Å². The molecule has 0 unspecified atom stereocenters. The number of rotatable bonds is 12. The second-order valence-corrected chi connectivity index (χ2v) is 6.93. The Kier molecular flexibility index (Phi) is 11.7. The molecule has 0 aliphatic carbocycles. The first-order valence-electron chi connectivity index (χ1n) is 10.2. The molecule has 1 aromatic carbocycles. The maximum atomic E-state index is 11.8. The molecule has 1 aromatic rings. The van der Waals surface area contributed by atoms with Crippen molar-refractivity contribution in [3.8, 4) is 11.5 Å². The molecule has 0 saturated carbocycles. The third-order valence-corrected chi connectivity index (χ3v) is 3.70. The van der Waals surface area contributed by atoms with Gasteiger partial charge in [-0.05, 0) is 43.0 Å². The lowest BCUT2D eigenvalue weighted by Crippen LogP contribution is -2.42. The van der Waals surface area contributed by atoms with Crippen LogP contribution in [0.15, 0.2) is 24.3 Å². The fourth-order valence-electron chi connectivity index (χ4n) is 2.20. The minimum absolute atomic E-state index is 0.258. The van der Waals surface area contributed by atoms with Crippen molar-refractivity contribution in [2.24, 2.45) is 5.92 Å². The van der Waals surface area contributed by atoms with E-state index in [-0.39, 0.29) is 5.92 Å². The maximum absolute atomic E-state index is 11.8. The highest BCUT2D eigenvalue weighted by Crippen LogP contribution is 2.29. The van der Waals surface area contributed by atoms with Crippen LogP contribution in [0, 0.1) is 5.92 Å². The van der Waals surface area contributed by atoms with E-state index in [1.807, 2.05) is 20.8 Å². The monoisotopic (exact) mass is 420 g/mol. The normalized spacial score (nSPS) is 10.7. The number of ether oxygens (including phenoxy) is 3. The summed E-state index contributed by atoms with van der Waals surface area (Å²) in [5.74, 6) is 0.0987. The van der Waals surface area contributed by atoms with Crippen LogP contribution in [0.25, 0.3) is 6.08 Å². The van der Waals surface area contributed by atoms with Crippen molar-refractivity contribution in [3.05, 3.63) is 29.8 Å². The van der Waals surface area contributed by atoms with Gasteiger partial charge in [0.2, 0.25) is 0 Å². The van der Waals surface area contributed by atoms with Crippen LogP contribution in [-0.4, -0.2) is 44.3 Å². The molecule has 0 spiro atoms. The SMILES string of the molecule is CCCCOc1ccc(C=CC(=O)OCC(=O)NC(=O)NCC(C)C)cc1OCC. The summed E-state index contributed by atoms with van der Waals surface area (Å²) in [6.07, 6.45) is 4.74. The smallest absolute Gasteiger partial charge is 0.331 e. The summed E-state index contributed by atoms with van der Waals surface area (Å²) in [6, 6.07) is 4.72.